The molecule has 0 heterocycles. The van der Waals surface area contributed by atoms with Crippen molar-refractivity contribution in [3.8, 4) is 0 Å². The van der Waals surface area contributed by atoms with E-state index in [1.165, 1.54) is 37.5 Å². The molecule has 114 valence electrons. The highest BCUT2D eigenvalue weighted by Crippen LogP contribution is 2.72. The third kappa shape index (κ3) is 2.12. The highest BCUT2D eigenvalue weighted by molar-refractivity contribution is 5.28. The van der Waals surface area contributed by atoms with Gasteiger partial charge in [-0.05, 0) is 80.0 Å². The zero-order valence-electron chi connectivity index (χ0n) is 12.5. The van der Waals surface area contributed by atoms with Gasteiger partial charge in [-0.3, -0.25) is 0 Å². The molecule has 21 heavy (non-hydrogen) atoms. The van der Waals surface area contributed by atoms with Crippen molar-refractivity contribution >= 4 is 0 Å². The largest absolute Gasteiger partial charge is 0.310 e. The van der Waals surface area contributed by atoms with E-state index in [0.717, 1.165) is 36.6 Å². The maximum absolute atomic E-state index is 14.2. The third-order valence-corrected chi connectivity index (χ3v) is 6.09. The lowest BCUT2D eigenvalue weighted by Gasteiger charge is -2.23. The van der Waals surface area contributed by atoms with Gasteiger partial charge in [-0.1, -0.05) is 6.92 Å². The molecule has 0 amide bonds. The summed E-state index contributed by atoms with van der Waals surface area (Å²) in [5.41, 5.74) is 0.544. The van der Waals surface area contributed by atoms with Crippen molar-refractivity contribution in [3.05, 3.63) is 35.4 Å². The van der Waals surface area contributed by atoms with Crippen LogP contribution in [0.2, 0.25) is 0 Å². The Morgan fingerprint density at radius 1 is 1.19 bits per heavy atom. The number of rotatable bonds is 5. The van der Waals surface area contributed by atoms with Crippen LogP contribution in [0.5, 0.6) is 0 Å². The van der Waals surface area contributed by atoms with Gasteiger partial charge in [0.2, 0.25) is 0 Å². The SMILES string of the molecule is CCCNC(c1cc(F)ccc1F)C1C2C3CCC(C3)C21. The van der Waals surface area contributed by atoms with E-state index >= 15 is 0 Å². The average Bonchev–Trinajstić information content (AvgIpc) is 2.89. The van der Waals surface area contributed by atoms with E-state index < -0.39 is 0 Å². The molecular weight excluding hydrogens is 268 g/mol. The molecule has 0 aliphatic heterocycles. The Hall–Kier alpha value is -0.960. The topological polar surface area (TPSA) is 12.0 Å². The van der Waals surface area contributed by atoms with Crippen molar-refractivity contribution in [3.63, 3.8) is 0 Å². The van der Waals surface area contributed by atoms with Crippen molar-refractivity contribution in [2.45, 2.75) is 38.6 Å². The van der Waals surface area contributed by atoms with Gasteiger partial charge in [0.05, 0.1) is 0 Å². The minimum Gasteiger partial charge on any atom is -0.310 e. The summed E-state index contributed by atoms with van der Waals surface area (Å²) >= 11 is 0. The second kappa shape index (κ2) is 5.05. The Balaban J connectivity index is 1.62. The summed E-state index contributed by atoms with van der Waals surface area (Å²) in [5, 5.41) is 3.51. The first-order chi connectivity index (χ1) is 10.2. The van der Waals surface area contributed by atoms with Crippen LogP contribution in [0.1, 0.15) is 44.2 Å². The Morgan fingerprint density at radius 2 is 1.90 bits per heavy atom. The second-order valence-electron chi connectivity index (χ2n) is 7.16. The van der Waals surface area contributed by atoms with Crippen LogP contribution in [0.4, 0.5) is 8.78 Å². The minimum absolute atomic E-state index is 0.000880. The fourth-order valence-electron chi connectivity index (χ4n) is 5.34. The molecule has 0 saturated heterocycles. The monoisotopic (exact) mass is 291 g/mol. The molecule has 3 saturated carbocycles. The highest BCUT2D eigenvalue weighted by atomic mass is 19.1. The van der Waals surface area contributed by atoms with E-state index in [1.54, 1.807) is 0 Å². The molecule has 0 aromatic heterocycles. The summed E-state index contributed by atoms with van der Waals surface area (Å²) in [4.78, 5) is 0. The number of fused-ring (bicyclic) bond motifs is 5. The van der Waals surface area contributed by atoms with Crippen LogP contribution in [0.25, 0.3) is 0 Å². The Morgan fingerprint density at radius 3 is 2.57 bits per heavy atom. The standard InChI is InChI=1S/C18H23F2N/c1-2-7-21-18(13-9-12(19)5-6-14(13)20)17-15-10-3-4-11(8-10)16(15)17/h5-6,9-11,15-18,21H,2-4,7-8H2,1H3. The van der Waals surface area contributed by atoms with Gasteiger partial charge in [0.1, 0.15) is 11.6 Å². The van der Waals surface area contributed by atoms with Gasteiger partial charge in [-0.25, -0.2) is 8.78 Å². The normalized spacial score (nSPS) is 37.6. The first-order valence-electron chi connectivity index (χ1n) is 8.39. The molecule has 5 atom stereocenters. The van der Waals surface area contributed by atoms with Crippen LogP contribution in [0, 0.1) is 41.2 Å². The lowest BCUT2D eigenvalue weighted by atomic mass is 9.92. The number of nitrogens with one attached hydrogen (secondary N) is 1. The molecule has 3 fully saturated rings. The van der Waals surface area contributed by atoms with E-state index in [1.807, 2.05) is 0 Å². The van der Waals surface area contributed by atoms with Crippen LogP contribution >= 0.6 is 0 Å². The van der Waals surface area contributed by atoms with Crippen molar-refractivity contribution in [1.29, 1.82) is 0 Å². The number of hydrogen-bond acceptors (Lipinski definition) is 1. The van der Waals surface area contributed by atoms with Gasteiger partial charge in [-0.15, -0.1) is 0 Å². The summed E-state index contributed by atoms with van der Waals surface area (Å²) in [5.74, 6) is 3.17. The molecule has 3 heteroatoms. The maximum atomic E-state index is 14.2. The fraction of sp³-hybridized carbons (Fsp3) is 0.667. The Bertz CT molecular complexity index is 528. The summed E-state index contributed by atoms with van der Waals surface area (Å²) in [6.45, 7) is 2.98. The number of hydrogen-bond donors (Lipinski definition) is 1. The molecule has 1 nitrogen and oxygen atoms in total. The van der Waals surface area contributed by atoms with Crippen LogP contribution < -0.4 is 5.32 Å². The van der Waals surface area contributed by atoms with Crippen LogP contribution in [-0.4, -0.2) is 6.54 Å². The van der Waals surface area contributed by atoms with Crippen LogP contribution in [-0.2, 0) is 0 Å². The van der Waals surface area contributed by atoms with Crippen molar-refractivity contribution < 1.29 is 8.78 Å². The number of halogens is 2. The smallest absolute Gasteiger partial charge is 0.128 e. The summed E-state index contributed by atoms with van der Waals surface area (Å²) in [6, 6.07) is 3.89. The van der Waals surface area contributed by atoms with Gasteiger partial charge in [0, 0.05) is 11.6 Å². The first kappa shape index (κ1) is 13.7. The first-order valence-corrected chi connectivity index (χ1v) is 8.39. The van der Waals surface area contributed by atoms with Gasteiger partial charge in [0.25, 0.3) is 0 Å². The molecule has 0 radical (unpaired) electrons. The van der Waals surface area contributed by atoms with E-state index in [2.05, 4.69) is 12.2 Å². The average molecular weight is 291 g/mol. The molecule has 0 spiro atoms. The van der Waals surface area contributed by atoms with Gasteiger partial charge >= 0.3 is 0 Å². The molecular formula is C18H23F2N. The fourth-order valence-corrected chi connectivity index (χ4v) is 5.34. The van der Waals surface area contributed by atoms with Crippen molar-refractivity contribution in [2.24, 2.45) is 29.6 Å². The lowest BCUT2D eigenvalue weighted by molar-refractivity contribution is 0.361. The van der Waals surface area contributed by atoms with Crippen molar-refractivity contribution in [2.75, 3.05) is 6.54 Å². The third-order valence-electron chi connectivity index (χ3n) is 6.09. The summed E-state index contributed by atoms with van der Waals surface area (Å²) < 4.78 is 27.8. The molecule has 3 aliphatic carbocycles. The quantitative estimate of drug-likeness (QED) is 0.853. The molecule has 1 N–H and O–H groups in total. The van der Waals surface area contributed by atoms with E-state index in [-0.39, 0.29) is 17.7 Å². The van der Waals surface area contributed by atoms with Gasteiger partial charge in [0.15, 0.2) is 0 Å². The molecule has 1 aromatic rings. The number of benzene rings is 1. The molecule has 4 rings (SSSR count). The maximum Gasteiger partial charge on any atom is 0.128 e. The molecule has 3 aliphatic rings. The lowest BCUT2D eigenvalue weighted by Crippen LogP contribution is -2.27. The van der Waals surface area contributed by atoms with Crippen molar-refractivity contribution in [1.82, 2.24) is 5.32 Å². The van der Waals surface area contributed by atoms with Crippen LogP contribution in [0.15, 0.2) is 18.2 Å². The summed E-state index contributed by atoms with van der Waals surface area (Å²) in [6.07, 6.45) is 5.11. The predicted molar refractivity (Wildman–Crippen MR) is 78.7 cm³/mol. The van der Waals surface area contributed by atoms with E-state index in [4.69, 9.17) is 0 Å². The second-order valence-corrected chi connectivity index (χ2v) is 7.16. The highest BCUT2D eigenvalue weighted by Gasteiger charge is 2.66. The molecule has 2 bridgehead atoms. The Kier molecular flexibility index (Phi) is 3.29. The molecule has 5 unspecified atom stereocenters. The van der Waals surface area contributed by atoms with Gasteiger partial charge < -0.3 is 5.32 Å². The van der Waals surface area contributed by atoms with Gasteiger partial charge in [-0.2, -0.15) is 0 Å². The Labute approximate surface area is 125 Å². The summed E-state index contributed by atoms with van der Waals surface area (Å²) in [7, 11) is 0. The molecule has 1 aromatic carbocycles. The minimum atomic E-state index is -0.330. The van der Waals surface area contributed by atoms with E-state index in [9.17, 15) is 8.78 Å². The zero-order valence-corrected chi connectivity index (χ0v) is 12.5. The van der Waals surface area contributed by atoms with Crippen LogP contribution in [0.3, 0.4) is 0 Å². The zero-order chi connectivity index (χ0) is 14.6. The van der Waals surface area contributed by atoms with E-state index in [0.29, 0.717) is 11.5 Å². The predicted octanol–water partition coefficient (Wildman–Crippen LogP) is 4.30.